The van der Waals surface area contributed by atoms with Gasteiger partial charge in [0.25, 0.3) is 5.91 Å². The smallest absolute Gasteiger partial charge is 0.335 e. The summed E-state index contributed by atoms with van der Waals surface area (Å²) in [5.41, 5.74) is 1.40. The summed E-state index contributed by atoms with van der Waals surface area (Å²) in [6, 6.07) is 5.92. The molecule has 0 aromatic heterocycles. The van der Waals surface area contributed by atoms with E-state index in [9.17, 15) is 9.59 Å². The van der Waals surface area contributed by atoms with Crippen LogP contribution in [-0.4, -0.2) is 41.6 Å². The molecule has 1 aromatic rings. The van der Waals surface area contributed by atoms with Crippen LogP contribution in [0.1, 0.15) is 33.6 Å². The maximum absolute atomic E-state index is 12.5. The molecule has 0 bridgehead atoms. The molecule has 1 aliphatic rings. The molecule has 2 rings (SSSR count). The molecule has 5 heteroatoms. The Bertz CT molecular complexity index is 535. The highest BCUT2D eigenvalue weighted by atomic mass is 16.5. The number of amides is 1. The normalized spacial score (nSPS) is 18.4. The lowest BCUT2D eigenvalue weighted by Gasteiger charge is -2.25. The molecule has 1 atom stereocenters. The zero-order valence-electron chi connectivity index (χ0n) is 11.3. The van der Waals surface area contributed by atoms with Gasteiger partial charge in [-0.05, 0) is 37.1 Å². The van der Waals surface area contributed by atoms with Gasteiger partial charge in [0.15, 0.2) is 0 Å². The summed E-state index contributed by atoms with van der Waals surface area (Å²) in [6.07, 6.45) is 1.61. The van der Waals surface area contributed by atoms with Crippen molar-refractivity contribution in [3.63, 3.8) is 0 Å². The molecule has 1 aliphatic heterocycles. The lowest BCUT2D eigenvalue weighted by molar-refractivity contribution is 0.0675. The summed E-state index contributed by atoms with van der Waals surface area (Å²) in [7, 11) is 1.60. The fraction of sp³-hybridized carbons (Fsp3) is 0.333. The summed E-state index contributed by atoms with van der Waals surface area (Å²) in [5, 5.41) is 8.85. The van der Waals surface area contributed by atoms with Crippen LogP contribution < -0.4 is 0 Å². The van der Waals surface area contributed by atoms with Crippen LogP contribution in [0.25, 0.3) is 0 Å². The van der Waals surface area contributed by atoms with Crippen molar-refractivity contribution in [3.8, 4) is 0 Å². The van der Waals surface area contributed by atoms with Gasteiger partial charge in [-0.3, -0.25) is 4.79 Å². The Morgan fingerprint density at radius 2 is 1.95 bits per heavy atom. The van der Waals surface area contributed by atoms with Crippen molar-refractivity contribution in [1.82, 2.24) is 4.90 Å². The maximum atomic E-state index is 12.5. The van der Waals surface area contributed by atoms with Gasteiger partial charge < -0.3 is 14.7 Å². The van der Waals surface area contributed by atoms with Crippen molar-refractivity contribution < 1.29 is 19.4 Å². The zero-order valence-corrected chi connectivity index (χ0v) is 11.3. The van der Waals surface area contributed by atoms with Crippen molar-refractivity contribution in [1.29, 1.82) is 0 Å². The zero-order chi connectivity index (χ0) is 14.7. The predicted octanol–water partition coefficient (Wildman–Crippen LogP) is 2.15. The van der Waals surface area contributed by atoms with E-state index < -0.39 is 5.97 Å². The molecule has 1 saturated heterocycles. The summed E-state index contributed by atoms with van der Waals surface area (Å²) in [5.74, 6) is -1.17. The van der Waals surface area contributed by atoms with E-state index in [0.29, 0.717) is 12.2 Å². The van der Waals surface area contributed by atoms with Crippen molar-refractivity contribution in [2.24, 2.45) is 0 Å². The molecule has 1 N–H and O–H groups in total. The van der Waals surface area contributed by atoms with Crippen LogP contribution in [0.15, 0.2) is 36.5 Å². The van der Waals surface area contributed by atoms with Gasteiger partial charge >= 0.3 is 5.97 Å². The SMILES string of the molecule is C=C1CCC(COC)N1C(=O)c1ccc(C(=O)O)cc1. The lowest BCUT2D eigenvalue weighted by Crippen LogP contribution is -2.36. The van der Waals surface area contributed by atoms with Crippen LogP contribution in [-0.2, 0) is 4.74 Å². The predicted molar refractivity (Wildman–Crippen MR) is 73.6 cm³/mol. The quantitative estimate of drug-likeness (QED) is 0.914. The summed E-state index contributed by atoms with van der Waals surface area (Å²) in [4.78, 5) is 24.9. The van der Waals surface area contributed by atoms with E-state index in [0.717, 1.165) is 18.5 Å². The number of carboxylic acids is 1. The number of carbonyl (C=O) groups excluding carboxylic acids is 1. The Morgan fingerprint density at radius 3 is 2.50 bits per heavy atom. The number of ether oxygens (including phenoxy) is 1. The monoisotopic (exact) mass is 275 g/mol. The first-order valence-electron chi connectivity index (χ1n) is 6.38. The first kappa shape index (κ1) is 14.3. The van der Waals surface area contributed by atoms with Gasteiger partial charge in [0.2, 0.25) is 0 Å². The van der Waals surface area contributed by atoms with E-state index >= 15 is 0 Å². The van der Waals surface area contributed by atoms with Gasteiger partial charge in [0.05, 0.1) is 18.2 Å². The minimum absolute atomic E-state index is 0.000787. The van der Waals surface area contributed by atoms with Gasteiger partial charge in [0.1, 0.15) is 0 Å². The van der Waals surface area contributed by atoms with Crippen LogP contribution in [0.4, 0.5) is 0 Å². The van der Waals surface area contributed by atoms with Crippen molar-refractivity contribution in [2.45, 2.75) is 18.9 Å². The standard InChI is InChI=1S/C15H17NO4/c1-10-3-8-13(9-20-2)16(10)14(17)11-4-6-12(7-5-11)15(18)19/h4-7,13H,1,3,8-9H2,2H3,(H,18,19). The van der Waals surface area contributed by atoms with Crippen molar-refractivity contribution in [2.75, 3.05) is 13.7 Å². The van der Waals surface area contributed by atoms with Crippen LogP contribution in [0.2, 0.25) is 0 Å². The lowest BCUT2D eigenvalue weighted by atomic mass is 10.1. The van der Waals surface area contributed by atoms with Gasteiger partial charge in [-0.15, -0.1) is 0 Å². The number of nitrogens with zero attached hydrogens (tertiary/aromatic N) is 1. The number of likely N-dealkylation sites (tertiary alicyclic amines) is 1. The molecule has 0 radical (unpaired) electrons. The molecule has 0 saturated carbocycles. The second-order valence-corrected chi connectivity index (χ2v) is 4.77. The summed E-state index contributed by atoms with van der Waals surface area (Å²) >= 11 is 0. The number of hydrogen-bond acceptors (Lipinski definition) is 3. The molecule has 0 aliphatic carbocycles. The second kappa shape index (κ2) is 5.88. The maximum Gasteiger partial charge on any atom is 0.335 e. The first-order chi connectivity index (χ1) is 9.54. The Hall–Kier alpha value is -2.14. The van der Waals surface area contributed by atoms with E-state index in [1.54, 1.807) is 12.0 Å². The number of carbonyl (C=O) groups is 2. The van der Waals surface area contributed by atoms with E-state index in [4.69, 9.17) is 9.84 Å². The molecule has 20 heavy (non-hydrogen) atoms. The number of benzene rings is 1. The molecule has 1 amide bonds. The van der Waals surface area contributed by atoms with Crippen LogP contribution in [0, 0.1) is 0 Å². The highest BCUT2D eigenvalue weighted by Crippen LogP contribution is 2.28. The van der Waals surface area contributed by atoms with E-state index in [-0.39, 0.29) is 17.5 Å². The molecular weight excluding hydrogens is 258 g/mol. The number of methoxy groups -OCH3 is 1. The fourth-order valence-corrected chi connectivity index (χ4v) is 2.40. The average molecular weight is 275 g/mol. The van der Waals surface area contributed by atoms with Gasteiger partial charge in [-0.1, -0.05) is 6.58 Å². The summed E-state index contributed by atoms with van der Waals surface area (Å²) in [6.45, 7) is 4.39. The fourth-order valence-electron chi connectivity index (χ4n) is 2.40. The Balaban J connectivity index is 2.21. The second-order valence-electron chi connectivity index (χ2n) is 4.77. The topological polar surface area (TPSA) is 66.8 Å². The molecule has 5 nitrogen and oxygen atoms in total. The van der Waals surface area contributed by atoms with Gasteiger partial charge in [0, 0.05) is 18.4 Å². The van der Waals surface area contributed by atoms with Gasteiger partial charge in [-0.2, -0.15) is 0 Å². The van der Waals surface area contributed by atoms with Crippen molar-refractivity contribution >= 4 is 11.9 Å². The number of aromatic carboxylic acids is 1. The number of carboxylic acid groups (broad SMARTS) is 1. The molecule has 106 valence electrons. The van der Waals surface area contributed by atoms with Crippen molar-refractivity contribution in [3.05, 3.63) is 47.7 Å². The highest BCUT2D eigenvalue weighted by molar-refractivity contribution is 5.97. The third-order valence-electron chi connectivity index (χ3n) is 3.43. The Labute approximate surface area is 117 Å². The number of allylic oxidation sites excluding steroid dienone is 1. The number of hydrogen-bond donors (Lipinski definition) is 1. The molecule has 0 spiro atoms. The van der Waals surface area contributed by atoms with E-state index in [1.165, 1.54) is 24.3 Å². The first-order valence-corrected chi connectivity index (χ1v) is 6.38. The Morgan fingerprint density at radius 1 is 1.35 bits per heavy atom. The molecular formula is C15H17NO4. The summed E-state index contributed by atoms with van der Waals surface area (Å²) < 4.78 is 5.13. The largest absolute Gasteiger partial charge is 0.478 e. The number of rotatable bonds is 4. The van der Waals surface area contributed by atoms with E-state index in [2.05, 4.69) is 6.58 Å². The minimum Gasteiger partial charge on any atom is -0.478 e. The molecule has 1 aromatic carbocycles. The molecule has 1 heterocycles. The van der Waals surface area contributed by atoms with Crippen LogP contribution in [0.5, 0.6) is 0 Å². The minimum atomic E-state index is -1.01. The average Bonchev–Trinajstić information content (AvgIpc) is 2.79. The highest BCUT2D eigenvalue weighted by Gasteiger charge is 2.32. The molecule has 1 unspecified atom stereocenters. The van der Waals surface area contributed by atoms with Gasteiger partial charge in [-0.25, -0.2) is 4.79 Å². The van der Waals surface area contributed by atoms with Crippen LogP contribution >= 0.6 is 0 Å². The van der Waals surface area contributed by atoms with E-state index in [1.807, 2.05) is 0 Å². The van der Waals surface area contributed by atoms with Crippen LogP contribution in [0.3, 0.4) is 0 Å². The molecule has 1 fully saturated rings. The third kappa shape index (κ3) is 2.72. The Kier molecular flexibility index (Phi) is 4.20. The third-order valence-corrected chi connectivity index (χ3v) is 3.43.